The van der Waals surface area contributed by atoms with E-state index in [2.05, 4.69) is 21.9 Å². The molecule has 0 saturated carbocycles. The first-order valence-electron chi connectivity index (χ1n) is 7.34. The quantitative estimate of drug-likeness (QED) is 0.904. The van der Waals surface area contributed by atoms with Gasteiger partial charge in [0.05, 0.1) is 12.2 Å². The number of anilines is 2. The van der Waals surface area contributed by atoms with Crippen molar-refractivity contribution in [3.8, 4) is 0 Å². The highest BCUT2D eigenvalue weighted by atomic mass is 16.5. The van der Waals surface area contributed by atoms with Gasteiger partial charge in [0.1, 0.15) is 0 Å². The van der Waals surface area contributed by atoms with E-state index < -0.39 is 0 Å². The third-order valence-corrected chi connectivity index (χ3v) is 3.36. The number of rotatable bonds is 4. The molecule has 0 spiro atoms. The van der Waals surface area contributed by atoms with E-state index in [9.17, 15) is 4.79 Å². The van der Waals surface area contributed by atoms with Crippen LogP contribution in [-0.2, 0) is 10.2 Å². The standard InChI is InChI=1S/C17H23N3O2/c1-11-6-7-13(12(2)8-11)18-10-15(21)19-16-9-14(20-22-16)17(3,4)5/h6-9,18H,10H2,1-5H3,(H,19,21). The molecule has 2 aromatic rings. The summed E-state index contributed by atoms with van der Waals surface area (Å²) in [6.45, 7) is 10.4. The van der Waals surface area contributed by atoms with Crippen molar-refractivity contribution in [2.24, 2.45) is 0 Å². The van der Waals surface area contributed by atoms with Gasteiger partial charge in [0, 0.05) is 17.2 Å². The number of aromatic nitrogens is 1. The molecule has 0 aliphatic rings. The molecule has 0 atom stereocenters. The fraction of sp³-hybridized carbons (Fsp3) is 0.412. The number of carbonyl (C=O) groups is 1. The molecular formula is C17H23N3O2. The number of carbonyl (C=O) groups excluding carboxylic acids is 1. The Hall–Kier alpha value is -2.30. The topological polar surface area (TPSA) is 67.2 Å². The van der Waals surface area contributed by atoms with E-state index in [1.54, 1.807) is 6.07 Å². The molecule has 5 heteroatoms. The maximum Gasteiger partial charge on any atom is 0.246 e. The van der Waals surface area contributed by atoms with Crippen molar-refractivity contribution in [1.82, 2.24) is 5.16 Å². The van der Waals surface area contributed by atoms with E-state index in [-0.39, 0.29) is 17.9 Å². The van der Waals surface area contributed by atoms with Crippen molar-refractivity contribution in [3.05, 3.63) is 41.1 Å². The third-order valence-electron chi connectivity index (χ3n) is 3.36. The summed E-state index contributed by atoms with van der Waals surface area (Å²) in [5.41, 5.74) is 3.97. The average molecular weight is 301 g/mol. The summed E-state index contributed by atoms with van der Waals surface area (Å²) >= 11 is 0. The zero-order valence-corrected chi connectivity index (χ0v) is 13.8. The first kappa shape index (κ1) is 16.1. The lowest BCUT2D eigenvalue weighted by Gasteiger charge is -2.12. The summed E-state index contributed by atoms with van der Waals surface area (Å²) in [7, 11) is 0. The highest BCUT2D eigenvalue weighted by molar-refractivity contribution is 5.92. The second-order valence-corrected chi connectivity index (χ2v) is 6.55. The van der Waals surface area contributed by atoms with E-state index in [1.807, 2.05) is 46.8 Å². The molecule has 0 bridgehead atoms. The largest absolute Gasteiger partial charge is 0.376 e. The molecule has 2 rings (SSSR count). The van der Waals surface area contributed by atoms with Crippen LogP contribution in [0.25, 0.3) is 0 Å². The van der Waals surface area contributed by atoms with Crippen LogP contribution in [0.4, 0.5) is 11.6 Å². The molecule has 1 amide bonds. The molecule has 0 aliphatic carbocycles. The molecule has 0 radical (unpaired) electrons. The first-order chi connectivity index (χ1) is 10.3. The van der Waals surface area contributed by atoms with Crippen LogP contribution in [0.15, 0.2) is 28.8 Å². The Morgan fingerprint density at radius 3 is 2.55 bits per heavy atom. The molecule has 1 aromatic carbocycles. The van der Waals surface area contributed by atoms with Gasteiger partial charge >= 0.3 is 0 Å². The molecule has 1 heterocycles. The van der Waals surface area contributed by atoms with Crippen molar-refractivity contribution in [3.63, 3.8) is 0 Å². The summed E-state index contributed by atoms with van der Waals surface area (Å²) in [5, 5.41) is 9.80. The van der Waals surface area contributed by atoms with Gasteiger partial charge in [0.15, 0.2) is 0 Å². The van der Waals surface area contributed by atoms with E-state index in [1.165, 1.54) is 5.56 Å². The monoisotopic (exact) mass is 301 g/mol. The van der Waals surface area contributed by atoms with Gasteiger partial charge in [-0.05, 0) is 25.5 Å². The predicted molar refractivity (Wildman–Crippen MR) is 88.2 cm³/mol. The Morgan fingerprint density at radius 2 is 1.95 bits per heavy atom. The summed E-state index contributed by atoms with van der Waals surface area (Å²) in [6, 6.07) is 7.82. The van der Waals surface area contributed by atoms with E-state index in [0.29, 0.717) is 5.88 Å². The Kier molecular flexibility index (Phi) is 4.54. The molecule has 22 heavy (non-hydrogen) atoms. The van der Waals surface area contributed by atoms with E-state index in [0.717, 1.165) is 16.9 Å². The maximum atomic E-state index is 12.0. The summed E-state index contributed by atoms with van der Waals surface area (Å²) in [4.78, 5) is 12.0. The van der Waals surface area contributed by atoms with Crippen molar-refractivity contribution in [2.45, 2.75) is 40.0 Å². The van der Waals surface area contributed by atoms with Gasteiger partial charge in [-0.2, -0.15) is 0 Å². The minimum atomic E-state index is -0.170. The van der Waals surface area contributed by atoms with Crippen LogP contribution in [0, 0.1) is 13.8 Å². The lowest BCUT2D eigenvalue weighted by atomic mass is 9.92. The molecule has 5 nitrogen and oxygen atoms in total. The van der Waals surface area contributed by atoms with Crippen molar-refractivity contribution in [2.75, 3.05) is 17.2 Å². The highest BCUT2D eigenvalue weighted by Crippen LogP contribution is 2.23. The van der Waals surface area contributed by atoms with Gasteiger partial charge in [-0.1, -0.05) is 43.6 Å². The Morgan fingerprint density at radius 1 is 1.23 bits per heavy atom. The van der Waals surface area contributed by atoms with Gasteiger partial charge < -0.3 is 9.84 Å². The minimum absolute atomic E-state index is 0.107. The van der Waals surface area contributed by atoms with Gasteiger partial charge in [-0.25, -0.2) is 0 Å². The van der Waals surface area contributed by atoms with Crippen LogP contribution in [0.5, 0.6) is 0 Å². The lowest BCUT2D eigenvalue weighted by molar-refractivity contribution is -0.114. The van der Waals surface area contributed by atoms with Crippen LogP contribution < -0.4 is 10.6 Å². The summed E-state index contributed by atoms with van der Waals surface area (Å²) < 4.78 is 5.14. The summed E-state index contributed by atoms with van der Waals surface area (Å²) in [6.07, 6.45) is 0. The number of aryl methyl sites for hydroxylation is 2. The average Bonchev–Trinajstić information content (AvgIpc) is 2.86. The molecule has 118 valence electrons. The second-order valence-electron chi connectivity index (χ2n) is 6.55. The molecular weight excluding hydrogens is 278 g/mol. The smallest absolute Gasteiger partial charge is 0.246 e. The van der Waals surface area contributed by atoms with Crippen molar-refractivity contribution in [1.29, 1.82) is 0 Å². The lowest BCUT2D eigenvalue weighted by Crippen LogP contribution is -2.21. The number of benzene rings is 1. The summed E-state index contributed by atoms with van der Waals surface area (Å²) in [5.74, 6) is 0.203. The Balaban J connectivity index is 1.92. The van der Waals surface area contributed by atoms with Crippen LogP contribution >= 0.6 is 0 Å². The fourth-order valence-electron chi connectivity index (χ4n) is 2.06. The first-order valence-corrected chi connectivity index (χ1v) is 7.34. The van der Waals surface area contributed by atoms with Gasteiger partial charge in [-0.15, -0.1) is 0 Å². The van der Waals surface area contributed by atoms with Crippen LogP contribution in [-0.4, -0.2) is 17.6 Å². The number of nitrogens with one attached hydrogen (secondary N) is 2. The Bertz CT molecular complexity index is 669. The van der Waals surface area contributed by atoms with E-state index >= 15 is 0 Å². The van der Waals surface area contributed by atoms with Crippen molar-refractivity contribution >= 4 is 17.5 Å². The van der Waals surface area contributed by atoms with Crippen LogP contribution in [0.3, 0.4) is 0 Å². The number of amides is 1. The zero-order chi connectivity index (χ0) is 16.3. The van der Waals surface area contributed by atoms with Gasteiger partial charge in [0.25, 0.3) is 0 Å². The van der Waals surface area contributed by atoms with Crippen LogP contribution in [0.1, 0.15) is 37.6 Å². The van der Waals surface area contributed by atoms with Crippen molar-refractivity contribution < 1.29 is 9.32 Å². The van der Waals surface area contributed by atoms with E-state index in [4.69, 9.17) is 4.52 Å². The fourth-order valence-corrected chi connectivity index (χ4v) is 2.06. The number of hydrogen-bond acceptors (Lipinski definition) is 4. The van der Waals surface area contributed by atoms with Gasteiger partial charge in [-0.3, -0.25) is 10.1 Å². The normalized spacial score (nSPS) is 11.3. The maximum absolute atomic E-state index is 12.0. The number of hydrogen-bond donors (Lipinski definition) is 2. The molecule has 2 N–H and O–H groups in total. The second kappa shape index (κ2) is 6.22. The van der Waals surface area contributed by atoms with Crippen LogP contribution in [0.2, 0.25) is 0 Å². The zero-order valence-electron chi connectivity index (χ0n) is 13.8. The number of nitrogens with zero attached hydrogens (tertiary/aromatic N) is 1. The predicted octanol–water partition coefficient (Wildman–Crippen LogP) is 3.64. The third kappa shape index (κ3) is 4.10. The molecule has 0 fully saturated rings. The molecule has 0 saturated heterocycles. The minimum Gasteiger partial charge on any atom is -0.376 e. The SMILES string of the molecule is Cc1ccc(NCC(=O)Nc2cc(C(C)(C)C)no2)c(C)c1. The van der Waals surface area contributed by atoms with Gasteiger partial charge in [0.2, 0.25) is 11.8 Å². The molecule has 1 aromatic heterocycles. The highest BCUT2D eigenvalue weighted by Gasteiger charge is 2.19. The Labute approximate surface area is 131 Å². The molecule has 0 aliphatic heterocycles. The molecule has 0 unspecified atom stereocenters.